The summed E-state index contributed by atoms with van der Waals surface area (Å²) in [5.74, 6) is 0. The highest BCUT2D eigenvalue weighted by molar-refractivity contribution is 6.91. The van der Waals surface area contributed by atoms with Crippen LogP contribution in [0.1, 0.15) is 39.5 Å². The monoisotopic (exact) mass is 245 g/mol. The molecule has 0 aliphatic carbocycles. The molecule has 0 saturated carbocycles. The summed E-state index contributed by atoms with van der Waals surface area (Å²) in [6.07, 6.45) is 5.50. The molecule has 0 spiro atoms. The molecule has 0 aliphatic heterocycles. The molecular weight excluding hydrogens is 214 g/mol. The predicted molar refractivity (Wildman–Crippen MR) is 77.5 cm³/mol. The summed E-state index contributed by atoms with van der Waals surface area (Å²) in [5.41, 5.74) is 0. The van der Waals surface area contributed by atoms with Crippen molar-refractivity contribution in [2.24, 2.45) is 0 Å². The smallest absolute Gasteiger partial charge is 0.112 e. The summed E-state index contributed by atoms with van der Waals surface area (Å²) in [6, 6.07) is 2.90. The van der Waals surface area contributed by atoms with Gasteiger partial charge in [0.15, 0.2) is 0 Å². The van der Waals surface area contributed by atoms with Crippen molar-refractivity contribution in [1.82, 2.24) is 4.65 Å². The van der Waals surface area contributed by atoms with E-state index < -0.39 is 16.5 Å². The highest BCUT2D eigenvalue weighted by atomic mass is 28.4. The Labute approximate surface area is 99.2 Å². The van der Waals surface area contributed by atoms with Gasteiger partial charge >= 0.3 is 0 Å². The third-order valence-electron chi connectivity index (χ3n) is 2.99. The summed E-state index contributed by atoms with van der Waals surface area (Å²) in [4.78, 5) is 0. The standard InChI is InChI=1S/C12H31NSi2/c1-7-9-11-14(3,4)13-15(5,6)12-10-8-2/h13H,7-12H2,1-6H3. The van der Waals surface area contributed by atoms with Gasteiger partial charge in [0.05, 0.1) is 0 Å². The molecule has 0 bridgehead atoms. The van der Waals surface area contributed by atoms with Gasteiger partial charge in [0.25, 0.3) is 0 Å². The third-order valence-corrected chi connectivity index (χ3v) is 11.6. The van der Waals surface area contributed by atoms with Crippen molar-refractivity contribution < 1.29 is 0 Å². The van der Waals surface area contributed by atoms with E-state index in [0.29, 0.717) is 0 Å². The van der Waals surface area contributed by atoms with Gasteiger partial charge in [-0.25, -0.2) is 0 Å². The van der Waals surface area contributed by atoms with Crippen LogP contribution in [0.25, 0.3) is 0 Å². The van der Waals surface area contributed by atoms with Crippen molar-refractivity contribution >= 4 is 16.5 Å². The minimum Gasteiger partial charge on any atom is -0.359 e. The maximum absolute atomic E-state index is 4.08. The Morgan fingerprint density at radius 3 is 1.33 bits per heavy atom. The Balaban J connectivity index is 4.04. The van der Waals surface area contributed by atoms with Crippen LogP contribution in [0.2, 0.25) is 38.3 Å². The van der Waals surface area contributed by atoms with Crippen molar-refractivity contribution in [3.63, 3.8) is 0 Å². The number of nitrogens with one attached hydrogen (secondary N) is 1. The molecule has 0 aliphatic rings. The van der Waals surface area contributed by atoms with E-state index in [9.17, 15) is 0 Å². The normalized spacial score (nSPS) is 13.2. The van der Waals surface area contributed by atoms with Crippen molar-refractivity contribution in [2.75, 3.05) is 0 Å². The molecule has 3 heteroatoms. The molecule has 92 valence electrons. The number of unbranched alkanes of at least 4 members (excludes halogenated alkanes) is 2. The lowest BCUT2D eigenvalue weighted by Gasteiger charge is -2.34. The van der Waals surface area contributed by atoms with E-state index in [1.807, 2.05) is 0 Å². The second-order valence-corrected chi connectivity index (χ2v) is 15.6. The van der Waals surface area contributed by atoms with Crippen LogP contribution in [-0.4, -0.2) is 16.5 Å². The minimum atomic E-state index is -1.10. The second kappa shape index (κ2) is 6.87. The Kier molecular flexibility index (Phi) is 7.05. The lowest BCUT2D eigenvalue weighted by Crippen LogP contribution is -2.58. The van der Waals surface area contributed by atoms with Crippen LogP contribution in [0.3, 0.4) is 0 Å². The Morgan fingerprint density at radius 2 is 1.07 bits per heavy atom. The van der Waals surface area contributed by atoms with Gasteiger partial charge in [0, 0.05) is 0 Å². The molecule has 0 radical (unpaired) electrons. The molecule has 0 saturated heterocycles. The number of hydrogen-bond acceptors (Lipinski definition) is 1. The van der Waals surface area contributed by atoms with Gasteiger partial charge in [0.1, 0.15) is 16.5 Å². The first-order valence-corrected chi connectivity index (χ1v) is 13.0. The molecule has 0 fully saturated rings. The Bertz CT molecular complexity index is 149. The fraction of sp³-hybridized carbons (Fsp3) is 1.00. The van der Waals surface area contributed by atoms with Crippen LogP contribution in [0, 0.1) is 0 Å². The zero-order valence-corrected chi connectivity index (χ0v) is 13.7. The second-order valence-electron chi connectivity index (χ2n) is 6.10. The predicted octanol–water partition coefficient (Wildman–Crippen LogP) is 4.59. The molecule has 0 atom stereocenters. The van der Waals surface area contributed by atoms with Crippen LogP contribution < -0.4 is 4.65 Å². The van der Waals surface area contributed by atoms with Gasteiger partial charge in [-0.3, -0.25) is 0 Å². The van der Waals surface area contributed by atoms with Crippen molar-refractivity contribution in [1.29, 1.82) is 0 Å². The van der Waals surface area contributed by atoms with Crippen LogP contribution in [0.15, 0.2) is 0 Å². The first-order valence-electron chi connectivity index (χ1n) is 6.62. The van der Waals surface area contributed by atoms with E-state index >= 15 is 0 Å². The third kappa shape index (κ3) is 8.23. The Hall–Kier alpha value is 0.394. The zero-order valence-electron chi connectivity index (χ0n) is 11.7. The molecule has 0 aromatic heterocycles. The molecule has 0 heterocycles. The molecule has 1 nitrogen and oxygen atoms in total. The van der Waals surface area contributed by atoms with Crippen LogP contribution in [0.4, 0.5) is 0 Å². The Morgan fingerprint density at radius 1 is 0.733 bits per heavy atom. The van der Waals surface area contributed by atoms with Crippen molar-refractivity contribution in [3.05, 3.63) is 0 Å². The number of rotatable bonds is 8. The lowest BCUT2D eigenvalue weighted by molar-refractivity contribution is 0.847. The maximum atomic E-state index is 4.08. The van der Waals surface area contributed by atoms with E-state index in [-0.39, 0.29) is 0 Å². The molecule has 0 rings (SSSR count). The van der Waals surface area contributed by atoms with E-state index in [1.165, 1.54) is 37.8 Å². The van der Waals surface area contributed by atoms with Gasteiger partial charge in [-0.05, 0) is 12.1 Å². The fourth-order valence-corrected chi connectivity index (χ4v) is 13.1. The van der Waals surface area contributed by atoms with Crippen molar-refractivity contribution in [3.8, 4) is 0 Å². The summed E-state index contributed by atoms with van der Waals surface area (Å²) >= 11 is 0. The van der Waals surface area contributed by atoms with E-state index in [2.05, 4.69) is 44.7 Å². The van der Waals surface area contributed by atoms with Gasteiger partial charge in [0.2, 0.25) is 0 Å². The largest absolute Gasteiger partial charge is 0.359 e. The molecular formula is C12H31NSi2. The lowest BCUT2D eigenvalue weighted by atomic mass is 10.4. The van der Waals surface area contributed by atoms with Crippen LogP contribution in [-0.2, 0) is 0 Å². The van der Waals surface area contributed by atoms with Gasteiger partial charge in [-0.2, -0.15) is 0 Å². The van der Waals surface area contributed by atoms with E-state index in [0.717, 1.165) is 0 Å². The average molecular weight is 246 g/mol. The highest BCUT2D eigenvalue weighted by Crippen LogP contribution is 2.17. The van der Waals surface area contributed by atoms with Gasteiger partial charge in [-0.1, -0.05) is 65.7 Å². The first kappa shape index (κ1) is 15.4. The van der Waals surface area contributed by atoms with E-state index in [1.54, 1.807) is 0 Å². The SMILES string of the molecule is CCCC[Si](C)(C)N[Si](C)(C)CCCC. The van der Waals surface area contributed by atoms with Gasteiger partial charge in [-0.15, -0.1) is 0 Å². The molecule has 0 aromatic carbocycles. The number of hydrogen-bond donors (Lipinski definition) is 1. The summed E-state index contributed by atoms with van der Waals surface area (Å²) in [6.45, 7) is 14.6. The first-order chi connectivity index (χ1) is 6.83. The fourth-order valence-electron chi connectivity index (χ4n) is 2.28. The van der Waals surface area contributed by atoms with E-state index in [4.69, 9.17) is 0 Å². The average Bonchev–Trinajstić information content (AvgIpc) is 2.10. The van der Waals surface area contributed by atoms with Gasteiger partial charge < -0.3 is 4.65 Å². The summed E-state index contributed by atoms with van der Waals surface area (Å²) in [5, 5.41) is 0. The molecule has 15 heavy (non-hydrogen) atoms. The summed E-state index contributed by atoms with van der Waals surface area (Å²) in [7, 11) is -2.20. The maximum Gasteiger partial charge on any atom is 0.112 e. The van der Waals surface area contributed by atoms with Crippen LogP contribution >= 0.6 is 0 Å². The zero-order chi connectivity index (χ0) is 11.9. The molecule has 1 N–H and O–H groups in total. The molecule has 0 aromatic rings. The highest BCUT2D eigenvalue weighted by Gasteiger charge is 2.29. The van der Waals surface area contributed by atoms with Crippen molar-refractivity contribution in [2.45, 2.75) is 77.8 Å². The molecule has 0 unspecified atom stereocenters. The minimum absolute atomic E-state index is 1.10. The van der Waals surface area contributed by atoms with Crippen LogP contribution in [0.5, 0.6) is 0 Å². The summed E-state index contributed by atoms with van der Waals surface area (Å²) < 4.78 is 4.08. The molecule has 0 amide bonds. The topological polar surface area (TPSA) is 12.0 Å². The quantitative estimate of drug-likeness (QED) is 0.617.